The van der Waals surface area contributed by atoms with E-state index in [1.54, 1.807) is 0 Å². The standard InChI is InChI=1S/C16H21N3/c1-9-7-10(2)12(4)16(11(9)3)14-8-15(17-6)19-13(5)18-14/h7-8H,1-6H3,(H,17,18,19). The topological polar surface area (TPSA) is 37.8 Å². The summed E-state index contributed by atoms with van der Waals surface area (Å²) in [5.74, 6) is 1.65. The summed E-state index contributed by atoms with van der Waals surface area (Å²) in [6.07, 6.45) is 0. The number of hydrogen-bond acceptors (Lipinski definition) is 3. The fourth-order valence-corrected chi connectivity index (χ4v) is 2.42. The van der Waals surface area contributed by atoms with E-state index >= 15 is 0 Å². The molecule has 3 nitrogen and oxygen atoms in total. The maximum atomic E-state index is 4.60. The molecule has 1 heterocycles. The van der Waals surface area contributed by atoms with E-state index in [2.05, 4.69) is 49.0 Å². The number of nitrogens with zero attached hydrogens (tertiary/aromatic N) is 2. The zero-order valence-electron chi connectivity index (χ0n) is 12.5. The maximum Gasteiger partial charge on any atom is 0.130 e. The molecular formula is C16H21N3. The van der Waals surface area contributed by atoms with Crippen LogP contribution in [-0.4, -0.2) is 17.0 Å². The van der Waals surface area contributed by atoms with E-state index in [0.717, 1.165) is 17.3 Å². The Bertz CT molecular complexity index is 604. The van der Waals surface area contributed by atoms with Crippen LogP contribution in [0.25, 0.3) is 11.3 Å². The summed E-state index contributed by atoms with van der Waals surface area (Å²) in [7, 11) is 1.88. The molecule has 0 aliphatic carbocycles. The molecule has 0 aliphatic heterocycles. The highest BCUT2D eigenvalue weighted by Gasteiger charge is 2.13. The van der Waals surface area contributed by atoms with Crippen molar-refractivity contribution in [3.8, 4) is 11.3 Å². The molecule has 0 saturated carbocycles. The zero-order chi connectivity index (χ0) is 14.2. The van der Waals surface area contributed by atoms with E-state index in [0.29, 0.717) is 0 Å². The Morgan fingerprint density at radius 2 is 1.42 bits per heavy atom. The van der Waals surface area contributed by atoms with Crippen LogP contribution >= 0.6 is 0 Å². The van der Waals surface area contributed by atoms with Gasteiger partial charge in [-0.25, -0.2) is 9.97 Å². The fraction of sp³-hybridized carbons (Fsp3) is 0.375. The maximum absolute atomic E-state index is 4.60. The van der Waals surface area contributed by atoms with Crippen molar-refractivity contribution in [2.75, 3.05) is 12.4 Å². The SMILES string of the molecule is CNc1cc(-c2c(C)c(C)cc(C)c2C)nc(C)n1. The smallest absolute Gasteiger partial charge is 0.130 e. The third-order valence-corrected chi connectivity index (χ3v) is 3.72. The summed E-state index contributed by atoms with van der Waals surface area (Å²) in [4.78, 5) is 8.96. The van der Waals surface area contributed by atoms with Gasteiger partial charge in [0.05, 0.1) is 5.69 Å². The van der Waals surface area contributed by atoms with Crippen molar-refractivity contribution in [2.24, 2.45) is 0 Å². The molecule has 19 heavy (non-hydrogen) atoms. The minimum Gasteiger partial charge on any atom is -0.373 e. The van der Waals surface area contributed by atoms with Gasteiger partial charge in [-0.2, -0.15) is 0 Å². The largest absolute Gasteiger partial charge is 0.373 e. The summed E-state index contributed by atoms with van der Waals surface area (Å²) >= 11 is 0. The van der Waals surface area contributed by atoms with E-state index < -0.39 is 0 Å². The fourth-order valence-electron chi connectivity index (χ4n) is 2.42. The van der Waals surface area contributed by atoms with Crippen LogP contribution in [-0.2, 0) is 0 Å². The highest BCUT2D eigenvalue weighted by atomic mass is 15.0. The highest BCUT2D eigenvalue weighted by molar-refractivity contribution is 5.72. The molecule has 0 aliphatic rings. The monoisotopic (exact) mass is 255 g/mol. The molecule has 2 aromatic rings. The van der Waals surface area contributed by atoms with Crippen molar-refractivity contribution >= 4 is 5.82 Å². The Kier molecular flexibility index (Phi) is 3.56. The number of nitrogens with one attached hydrogen (secondary N) is 1. The predicted octanol–water partition coefficient (Wildman–Crippen LogP) is 3.73. The molecule has 0 radical (unpaired) electrons. The zero-order valence-corrected chi connectivity index (χ0v) is 12.5. The van der Waals surface area contributed by atoms with E-state index in [1.807, 2.05) is 20.0 Å². The lowest BCUT2D eigenvalue weighted by molar-refractivity contribution is 1.05. The quantitative estimate of drug-likeness (QED) is 0.888. The lowest BCUT2D eigenvalue weighted by Gasteiger charge is -2.15. The Hall–Kier alpha value is -1.90. The van der Waals surface area contributed by atoms with Crippen LogP contribution in [0, 0.1) is 34.6 Å². The van der Waals surface area contributed by atoms with Gasteiger partial charge < -0.3 is 5.32 Å². The summed E-state index contributed by atoms with van der Waals surface area (Å²) in [5, 5.41) is 3.09. The first kappa shape index (κ1) is 13.5. The van der Waals surface area contributed by atoms with Crippen molar-refractivity contribution in [3.05, 3.63) is 40.2 Å². The first-order valence-electron chi connectivity index (χ1n) is 6.55. The van der Waals surface area contributed by atoms with Crippen LogP contribution in [0.3, 0.4) is 0 Å². The van der Waals surface area contributed by atoms with Crippen LogP contribution in [0.1, 0.15) is 28.1 Å². The molecule has 0 atom stereocenters. The van der Waals surface area contributed by atoms with Gasteiger partial charge in [0.15, 0.2) is 0 Å². The van der Waals surface area contributed by atoms with Crippen molar-refractivity contribution < 1.29 is 0 Å². The molecule has 1 aromatic carbocycles. The van der Waals surface area contributed by atoms with Gasteiger partial charge >= 0.3 is 0 Å². The van der Waals surface area contributed by atoms with Crippen LogP contribution in [0.15, 0.2) is 12.1 Å². The lowest BCUT2D eigenvalue weighted by Crippen LogP contribution is -2.01. The van der Waals surface area contributed by atoms with Gasteiger partial charge in [0.25, 0.3) is 0 Å². The van der Waals surface area contributed by atoms with E-state index in [1.165, 1.54) is 27.8 Å². The summed E-state index contributed by atoms with van der Waals surface area (Å²) in [6, 6.07) is 4.25. The van der Waals surface area contributed by atoms with Gasteiger partial charge in [0.1, 0.15) is 11.6 Å². The van der Waals surface area contributed by atoms with Gasteiger partial charge in [-0.05, 0) is 56.9 Å². The second-order valence-corrected chi connectivity index (χ2v) is 5.07. The minimum atomic E-state index is 0.791. The second kappa shape index (κ2) is 5.00. The van der Waals surface area contributed by atoms with E-state index in [9.17, 15) is 0 Å². The first-order chi connectivity index (χ1) is 8.93. The summed E-state index contributed by atoms with van der Waals surface area (Å²) in [5.41, 5.74) is 7.44. The number of aromatic nitrogens is 2. The van der Waals surface area contributed by atoms with Crippen molar-refractivity contribution in [1.82, 2.24) is 9.97 Å². The first-order valence-corrected chi connectivity index (χ1v) is 6.55. The Morgan fingerprint density at radius 1 is 0.842 bits per heavy atom. The summed E-state index contributed by atoms with van der Waals surface area (Å²) in [6.45, 7) is 10.6. The molecule has 0 unspecified atom stereocenters. The predicted molar refractivity (Wildman–Crippen MR) is 80.7 cm³/mol. The summed E-state index contributed by atoms with van der Waals surface area (Å²) < 4.78 is 0. The molecular weight excluding hydrogens is 234 g/mol. The molecule has 0 amide bonds. The molecule has 0 fully saturated rings. The number of rotatable bonds is 2. The third-order valence-electron chi connectivity index (χ3n) is 3.72. The van der Waals surface area contributed by atoms with Gasteiger partial charge in [0, 0.05) is 18.7 Å². The number of aryl methyl sites for hydroxylation is 3. The molecule has 0 bridgehead atoms. The van der Waals surface area contributed by atoms with Crippen molar-refractivity contribution in [1.29, 1.82) is 0 Å². The average molecular weight is 255 g/mol. The van der Waals surface area contributed by atoms with Crippen molar-refractivity contribution in [3.63, 3.8) is 0 Å². The molecule has 0 spiro atoms. The van der Waals surface area contributed by atoms with E-state index in [4.69, 9.17) is 0 Å². The minimum absolute atomic E-state index is 0.791. The second-order valence-electron chi connectivity index (χ2n) is 5.07. The van der Waals surface area contributed by atoms with Crippen LogP contribution in [0.5, 0.6) is 0 Å². The van der Waals surface area contributed by atoms with Gasteiger partial charge in [-0.3, -0.25) is 0 Å². The van der Waals surface area contributed by atoms with Crippen molar-refractivity contribution in [2.45, 2.75) is 34.6 Å². The molecule has 1 N–H and O–H groups in total. The normalized spacial score (nSPS) is 10.6. The Labute approximate surface area is 115 Å². The van der Waals surface area contributed by atoms with Crippen LogP contribution < -0.4 is 5.32 Å². The van der Waals surface area contributed by atoms with Gasteiger partial charge in [-0.15, -0.1) is 0 Å². The number of benzene rings is 1. The number of anilines is 1. The third kappa shape index (κ3) is 2.46. The molecule has 2 rings (SSSR count). The average Bonchev–Trinajstić information content (AvgIpc) is 2.36. The van der Waals surface area contributed by atoms with Gasteiger partial charge in [0.2, 0.25) is 0 Å². The Morgan fingerprint density at radius 3 is 1.95 bits per heavy atom. The van der Waals surface area contributed by atoms with E-state index in [-0.39, 0.29) is 0 Å². The molecule has 100 valence electrons. The molecule has 0 saturated heterocycles. The van der Waals surface area contributed by atoms with Gasteiger partial charge in [-0.1, -0.05) is 6.07 Å². The lowest BCUT2D eigenvalue weighted by atomic mass is 9.92. The molecule has 3 heteroatoms. The van der Waals surface area contributed by atoms with Crippen LogP contribution in [0.4, 0.5) is 5.82 Å². The number of hydrogen-bond donors (Lipinski definition) is 1. The van der Waals surface area contributed by atoms with Crippen LogP contribution in [0.2, 0.25) is 0 Å². The highest BCUT2D eigenvalue weighted by Crippen LogP contribution is 2.31. The Balaban J connectivity index is 2.75. The molecule has 1 aromatic heterocycles.